The first-order valence-electron chi connectivity index (χ1n) is 10.9. The van der Waals surface area contributed by atoms with E-state index < -0.39 is 0 Å². The average Bonchev–Trinajstić information content (AvgIpc) is 3.23. The molecule has 0 N–H and O–H groups in total. The molecule has 0 fully saturated rings. The largest absolute Gasteiger partial charge is 0.497 e. The molecule has 0 aliphatic heterocycles. The van der Waals surface area contributed by atoms with Crippen molar-refractivity contribution >= 4 is 17.5 Å². The van der Waals surface area contributed by atoms with Gasteiger partial charge in [-0.2, -0.15) is 5.10 Å². The Morgan fingerprint density at radius 2 is 1.84 bits per heavy atom. The van der Waals surface area contributed by atoms with Gasteiger partial charge >= 0.3 is 0 Å². The van der Waals surface area contributed by atoms with Crippen molar-refractivity contribution in [1.82, 2.24) is 19.8 Å². The molecule has 0 bridgehead atoms. The van der Waals surface area contributed by atoms with Crippen LogP contribution in [0, 0.1) is 5.92 Å². The molecule has 6 nitrogen and oxygen atoms in total. The predicted molar refractivity (Wildman–Crippen MR) is 124 cm³/mol. The van der Waals surface area contributed by atoms with Crippen molar-refractivity contribution in [3.8, 4) is 16.9 Å². The number of aryl methyl sites for hydroxylation is 1. The highest BCUT2D eigenvalue weighted by molar-refractivity contribution is 5.97. The molecule has 0 saturated carbocycles. The normalized spacial score (nSPS) is 15.9. The highest BCUT2D eigenvalue weighted by Crippen LogP contribution is 2.32. The number of carbonyl (C=O) groups excluding carboxylic acids is 1. The van der Waals surface area contributed by atoms with Crippen LogP contribution in [0.15, 0.2) is 60.7 Å². The molecule has 6 heteroatoms. The molecule has 1 aliphatic rings. The van der Waals surface area contributed by atoms with E-state index in [1.807, 2.05) is 47.0 Å². The van der Waals surface area contributed by atoms with Crippen LogP contribution < -0.4 is 4.74 Å². The summed E-state index contributed by atoms with van der Waals surface area (Å²) in [6, 6.07) is 18.0. The Balaban J connectivity index is 1.57. The van der Waals surface area contributed by atoms with Gasteiger partial charge in [0.05, 0.1) is 24.1 Å². The van der Waals surface area contributed by atoms with E-state index in [9.17, 15) is 4.79 Å². The van der Waals surface area contributed by atoms with Crippen LogP contribution in [0.3, 0.4) is 0 Å². The molecule has 0 unspecified atom stereocenters. The van der Waals surface area contributed by atoms with Gasteiger partial charge in [-0.15, -0.1) is 10.2 Å². The highest BCUT2D eigenvalue weighted by Gasteiger charge is 2.30. The summed E-state index contributed by atoms with van der Waals surface area (Å²) >= 11 is 0. The molecule has 0 amide bonds. The van der Waals surface area contributed by atoms with Crippen LogP contribution in [0.25, 0.3) is 22.9 Å². The maximum absolute atomic E-state index is 12.9. The summed E-state index contributed by atoms with van der Waals surface area (Å²) in [7, 11) is 1.65. The van der Waals surface area contributed by atoms with Gasteiger partial charge in [-0.05, 0) is 42.0 Å². The summed E-state index contributed by atoms with van der Waals surface area (Å²) in [6.45, 7) is 2.07. The number of rotatable bonds is 5. The van der Waals surface area contributed by atoms with Crippen LogP contribution in [-0.2, 0) is 12.8 Å². The zero-order valence-electron chi connectivity index (χ0n) is 18.2. The molecule has 0 spiro atoms. The second-order valence-electron chi connectivity index (χ2n) is 8.00. The van der Waals surface area contributed by atoms with Gasteiger partial charge in [0.25, 0.3) is 0 Å². The minimum atomic E-state index is 0.0166. The van der Waals surface area contributed by atoms with Gasteiger partial charge in [-0.1, -0.05) is 61.5 Å². The Morgan fingerprint density at radius 3 is 2.56 bits per heavy atom. The van der Waals surface area contributed by atoms with Crippen molar-refractivity contribution < 1.29 is 9.53 Å². The summed E-state index contributed by atoms with van der Waals surface area (Å²) in [5.74, 6) is 0.912. The van der Waals surface area contributed by atoms with Crippen LogP contribution in [-0.4, -0.2) is 32.7 Å². The van der Waals surface area contributed by atoms with Crippen LogP contribution in [0.4, 0.5) is 0 Å². The average molecular weight is 425 g/mol. The number of benzene rings is 2. The first-order valence-corrected chi connectivity index (χ1v) is 10.9. The van der Waals surface area contributed by atoms with E-state index in [1.54, 1.807) is 7.11 Å². The van der Waals surface area contributed by atoms with E-state index in [1.165, 1.54) is 0 Å². The van der Waals surface area contributed by atoms with Gasteiger partial charge < -0.3 is 4.74 Å². The molecule has 5 rings (SSSR count). The topological polar surface area (TPSA) is 69.4 Å². The smallest absolute Gasteiger partial charge is 0.185 e. The van der Waals surface area contributed by atoms with Crippen molar-refractivity contribution in [3.05, 3.63) is 83.3 Å². The first-order chi connectivity index (χ1) is 15.7. The monoisotopic (exact) mass is 424 g/mol. The summed E-state index contributed by atoms with van der Waals surface area (Å²) in [5, 5.41) is 13.6. The number of ketones is 1. The lowest BCUT2D eigenvalue weighted by molar-refractivity contribution is 0.0950. The number of nitrogens with zero attached hydrogens (tertiary/aromatic N) is 4. The standard InChI is InChI=1S/C26H24N4O2/c1-3-21-24(19-11-13-20(32-2)14-12-19)26-28-27-25-22(30(26)29-21)15-18(16-23(25)31)10-9-17-7-5-4-6-8-17/h4-14,18H,3,15-16H2,1-2H3/b10-9+/t18-/m1/s1. The number of aromatic nitrogens is 4. The predicted octanol–water partition coefficient (Wildman–Crippen LogP) is 4.82. The highest BCUT2D eigenvalue weighted by atomic mass is 16.5. The van der Waals surface area contributed by atoms with Crippen molar-refractivity contribution in [2.24, 2.45) is 5.92 Å². The van der Waals surface area contributed by atoms with Gasteiger partial charge in [0.1, 0.15) is 5.75 Å². The lowest BCUT2D eigenvalue weighted by Crippen LogP contribution is -2.24. The van der Waals surface area contributed by atoms with Crippen LogP contribution >= 0.6 is 0 Å². The number of ether oxygens (including phenoxy) is 1. The fourth-order valence-electron chi connectivity index (χ4n) is 4.29. The summed E-state index contributed by atoms with van der Waals surface area (Å²) in [6.07, 6.45) is 6.09. The number of methoxy groups -OCH3 is 1. The number of allylic oxidation sites excluding steroid dienone is 1. The molecule has 0 saturated heterocycles. The van der Waals surface area contributed by atoms with E-state index in [0.29, 0.717) is 24.2 Å². The fraction of sp³-hybridized carbons (Fsp3) is 0.231. The maximum atomic E-state index is 12.9. The van der Waals surface area contributed by atoms with Crippen molar-refractivity contribution in [2.75, 3.05) is 7.11 Å². The summed E-state index contributed by atoms with van der Waals surface area (Å²) in [4.78, 5) is 12.9. The van der Waals surface area contributed by atoms with Crippen molar-refractivity contribution in [2.45, 2.75) is 26.2 Å². The second-order valence-corrected chi connectivity index (χ2v) is 8.00. The van der Waals surface area contributed by atoms with E-state index in [0.717, 1.165) is 40.2 Å². The minimum absolute atomic E-state index is 0.0166. The number of fused-ring (bicyclic) bond motifs is 3. The molecule has 32 heavy (non-hydrogen) atoms. The third kappa shape index (κ3) is 3.58. The Kier molecular flexibility index (Phi) is 5.27. The molecule has 2 heterocycles. The molecular weight excluding hydrogens is 400 g/mol. The Bertz CT molecular complexity index is 1310. The van der Waals surface area contributed by atoms with Gasteiger partial charge in [-0.25, -0.2) is 4.52 Å². The third-order valence-electron chi connectivity index (χ3n) is 5.95. The Hall–Kier alpha value is -3.80. The molecule has 0 radical (unpaired) electrons. The maximum Gasteiger partial charge on any atom is 0.185 e. The Morgan fingerprint density at radius 1 is 1.06 bits per heavy atom. The van der Waals surface area contributed by atoms with E-state index in [-0.39, 0.29) is 11.7 Å². The van der Waals surface area contributed by atoms with E-state index in [2.05, 4.69) is 41.4 Å². The quantitative estimate of drug-likeness (QED) is 0.459. The van der Waals surface area contributed by atoms with Crippen LogP contribution in [0.5, 0.6) is 5.75 Å². The molecule has 1 aliphatic carbocycles. The SMILES string of the molecule is CCc1nn2c3c(nnc2c1-c1ccc(OC)cc1)C(=O)C[C@H](/C=C/c1ccccc1)C3. The van der Waals surface area contributed by atoms with Crippen molar-refractivity contribution in [1.29, 1.82) is 0 Å². The van der Waals surface area contributed by atoms with Crippen LogP contribution in [0.2, 0.25) is 0 Å². The lowest BCUT2D eigenvalue weighted by Gasteiger charge is -2.20. The molecule has 1 atom stereocenters. The minimum Gasteiger partial charge on any atom is -0.497 e. The number of Topliss-reactive ketones (excluding diaryl/α,β-unsaturated/α-hetero) is 1. The number of hydrogen-bond donors (Lipinski definition) is 0. The van der Waals surface area contributed by atoms with Crippen LogP contribution in [0.1, 0.15) is 40.8 Å². The zero-order chi connectivity index (χ0) is 22.1. The molecule has 160 valence electrons. The first kappa shape index (κ1) is 20.1. The third-order valence-corrected chi connectivity index (χ3v) is 5.95. The van der Waals surface area contributed by atoms with Gasteiger partial charge in [0.15, 0.2) is 17.1 Å². The Labute approximate surface area is 186 Å². The molecule has 2 aromatic heterocycles. The van der Waals surface area contributed by atoms with Gasteiger partial charge in [0.2, 0.25) is 0 Å². The zero-order valence-corrected chi connectivity index (χ0v) is 18.2. The number of carbonyl (C=O) groups is 1. The molecular formula is C26H24N4O2. The lowest BCUT2D eigenvalue weighted by atomic mass is 9.88. The van der Waals surface area contributed by atoms with Gasteiger partial charge in [-0.3, -0.25) is 4.79 Å². The summed E-state index contributed by atoms with van der Waals surface area (Å²) in [5.41, 5.74) is 5.99. The van der Waals surface area contributed by atoms with E-state index in [4.69, 9.17) is 9.84 Å². The van der Waals surface area contributed by atoms with Gasteiger partial charge in [0, 0.05) is 6.42 Å². The fourth-order valence-corrected chi connectivity index (χ4v) is 4.29. The molecule has 4 aromatic rings. The van der Waals surface area contributed by atoms with E-state index >= 15 is 0 Å². The molecule has 2 aromatic carbocycles. The van der Waals surface area contributed by atoms with Crippen molar-refractivity contribution in [3.63, 3.8) is 0 Å². The number of hydrogen-bond acceptors (Lipinski definition) is 5. The second kappa shape index (κ2) is 8.38. The summed E-state index contributed by atoms with van der Waals surface area (Å²) < 4.78 is 7.13.